The molecule has 2 N–H and O–H groups in total. The smallest absolute Gasteiger partial charge is 0.308 e. The van der Waals surface area contributed by atoms with Crippen molar-refractivity contribution >= 4 is 27.8 Å². The molecule has 1 rings (SSSR count). The quantitative estimate of drug-likeness (QED) is 0.837. The molecule has 104 valence electrons. The molecule has 0 aromatic heterocycles. The number of carbonyl (C=O) groups is 2. The van der Waals surface area contributed by atoms with Crippen molar-refractivity contribution in [3.8, 4) is 5.75 Å². The van der Waals surface area contributed by atoms with E-state index in [4.69, 9.17) is 9.84 Å². The Morgan fingerprint density at radius 2 is 1.89 bits per heavy atom. The van der Waals surface area contributed by atoms with Crippen LogP contribution in [0.25, 0.3) is 0 Å². The Morgan fingerprint density at radius 3 is 2.42 bits per heavy atom. The number of aliphatic carboxylic acids is 1. The highest BCUT2D eigenvalue weighted by molar-refractivity contribution is 9.10. The Labute approximate surface area is 120 Å². The molecule has 0 aliphatic heterocycles. The number of hydrogen-bond donors (Lipinski definition) is 2. The summed E-state index contributed by atoms with van der Waals surface area (Å²) in [5.74, 6) is -1.35. The third-order valence-corrected chi connectivity index (χ3v) is 3.24. The Morgan fingerprint density at radius 1 is 1.32 bits per heavy atom. The van der Waals surface area contributed by atoms with Gasteiger partial charge in [0, 0.05) is 10.5 Å². The molecule has 6 heteroatoms. The largest absolute Gasteiger partial charge is 0.484 e. The molecule has 0 spiro atoms. The summed E-state index contributed by atoms with van der Waals surface area (Å²) >= 11 is 3.30. The van der Waals surface area contributed by atoms with Gasteiger partial charge in [0.15, 0.2) is 6.61 Å². The lowest BCUT2D eigenvalue weighted by molar-refractivity contribution is -0.142. The SMILES string of the molecule is CC(NC(=O)COc1ccc(Br)cc1)C(C)C(=O)O. The number of carboxylic acids is 1. The first-order valence-corrected chi connectivity index (χ1v) is 6.60. The molecule has 0 saturated heterocycles. The third-order valence-electron chi connectivity index (χ3n) is 2.71. The number of halogens is 1. The van der Waals surface area contributed by atoms with Gasteiger partial charge in [0.1, 0.15) is 5.75 Å². The summed E-state index contributed by atoms with van der Waals surface area (Å²) in [6.45, 7) is 3.05. The predicted octanol–water partition coefficient (Wildman–Crippen LogP) is 2.05. The third kappa shape index (κ3) is 5.30. The second-order valence-electron chi connectivity index (χ2n) is 4.23. The van der Waals surface area contributed by atoms with Crippen molar-refractivity contribution < 1.29 is 19.4 Å². The Balaban J connectivity index is 2.39. The summed E-state index contributed by atoms with van der Waals surface area (Å²) in [5.41, 5.74) is 0. The zero-order valence-corrected chi connectivity index (χ0v) is 12.3. The van der Waals surface area contributed by atoms with E-state index in [9.17, 15) is 9.59 Å². The molecule has 2 atom stereocenters. The summed E-state index contributed by atoms with van der Waals surface area (Å²) in [6, 6.07) is 6.64. The molecule has 0 heterocycles. The fraction of sp³-hybridized carbons (Fsp3) is 0.385. The number of hydrogen-bond acceptors (Lipinski definition) is 3. The minimum Gasteiger partial charge on any atom is -0.484 e. The lowest BCUT2D eigenvalue weighted by Gasteiger charge is -2.17. The topological polar surface area (TPSA) is 75.6 Å². The van der Waals surface area contributed by atoms with Gasteiger partial charge in [-0.1, -0.05) is 15.9 Å². The average molecular weight is 330 g/mol. The van der Waals surface area contributed by atoms with E-state index in [-0.39, 0.29) is 12.5 Å². The minimum absolute atomic E-state index is 0.141. The van der Waals surface area contributed by atoms with Crippen molar-refractivity contribution in [3.05, 3.63) is 28.7 Å². The summed E-state index contributed by atoms with van der Waals surface area (Å²) in [6.07, 6.45) is 0. The number of carbonyl (C=O) groups excluding carboxylic acids is 1. The maximum atomic E-state index is 11.6. The molecular weight excluding hydrogens is 314 g/mol. The second-order valence-corrected chi connectivity index (χ2v) is 5.14. The van der Waals surface area contributed by atoms with Crippen LogP contribution in [0.15, 0.2) is 28.7 Å². The van der Waals surface area contributed by atoms with E-state index >= 15 is 0 Å². The number of benzene rings is 1. The minimum atomic E-state index is -0.943. The predicted molar refractivity (Wildman–Crippen MR) is 74.0 cm³/mol. The van der Waals surface area contributed by atoms with Gasteiger partial charge in [0.25, 0.3) is 5.91 Å². The van der Waals surface area contributed by atoms with Gasteiger partial charge in [-0.05, 0) is 38.1 Å². The first-order valence-electron chi connectivity index (χ1n) is 5.80. The van der Waals surface area contributed by atoms with Gasteiger partial charge in [-0.15, -0.1) is 0 Å². The van der Waals surface area contributed by atoms with Crippen molar-refractivity contribution in [1.29, 1.82) is 0 Å². The molecule has 1 amide bonds. The first-order chi connectivity index (χ1) is 8.90. The molecule has 1 aromatic rings. The van der Waals surface area contributed by atoms with Crippen molar-refractivity contribution in [2.45, 2.75) is 19.9 Å². The van der Waals surface area contributed by atoms with E-state index in [1.165, 1.54) is 0 Å². The Hall–Kier alpha value is -1.56. The molecule has 0 fully saturated rings. The maximum Gasteiger partial charge on any atom is 0.308 e. The van der Waals surface area contributed by atoms with Crippen LogP contribution in [0.1, 0.15) is 13.8 Å². The van der Waals surface area contributed by atoms with Crippen LogP contribution in [-0.4, -0.2) is 29.6 Å². The monoisotopic (exact) mass is 329 g/mol. The van der Waals surface area contributed by atoms with Crippen molar-refractivity contribution in [3.63, 3.8) is 0 Å². The molecule has 0 aliphatic rings. The highest BCUT2D eigenvalue weighted by atomic mass is 79.9. The molecule has 2 unspecified atom stereocenters. The molecule has 19 heavy (non-hydrogen) atoms. The summed E-state index contributed by atoms with van der Waals surface area (Å²) in [4.78, 5) is 22.3. The van der Waals surface area contributed by atoms with Crippen LogP contribution in [0.3, 0.4) is 0 Å². The molecule has 0 bridgehead atoms. The van der Waals surface area contributed by atoms with Gasteiger partial charge in [0.2, 0.25) is 0 Å². The van der Waals surface area contributed by atoms with Crippen LogP contribution < -0.4 is 10.1 Å². The number of amides is 1. The number of rotatable bonds is 6. The van der Waals surface area contributed by atoms with Crippen molar-refractivity contribution in [2.75, 3.05) is 6.61 Å². The van der Waals surface area contributed by atoms with Crippen molar-refractivity contribution in [1.82, 2.24) is 5.32 Å². The summed E-state index contributed by atoms with van der Waals surface area (Å²) in [7, 11) is 0. The lowest BCUT2D eigenvalue weighted by atomic mass is 10.0. The normalized spacial score (nSPS) is 13.4. The first kappa shape index (κ1) is 15.5. The van der Waals surface area contributed by atoms with E-state index in [0.717, 1.165) is 4.47 Å². The second kappa shape index (κ2) is 7.13. The van der Waals surface area contributed by atoms with Crippen molar-refractivity contribution in [2.24, 2.45) is 5.92 Å². The fourth-order valence-corrected chi connectivity index (χ4v) is 1.58. The van der Waals surface area contributed by atoms with Gasteiger partial charge in [0.05, 0.1) is 5.92 Å². The van der Waals surface area contributed by atoms with Crippen LogP contribution in [0.4, 0.5) is 0 Å². The number of nitrogens with one attached hydrogen (secondary N) is 1. The van der Waals surface area contributed by atoms with Crippen LogP contribution in [-0.2, 0) is 9.59 Å². The average Bonchev–Trinajstić information content (AvgIpc) is 2.37. The van der Waals surface area contributed by atoms with Gasteiger partial charge in [-0.25, -0.2) is 0 Å². The Bertz CT molecular complexity index is 446. The standard InChI is InChI=1S/C13H16BrNO4/c1-8(13(17)18)9(2)15-12(16)7-19-11-5-3-10(14)4-6-11/h3-6,8-9H,7H2,1-2H3,(H,15,16)(H,17,18). The molecule has 0 radical (unpaired) electrons. The molecule has 5 nitrogen and oxygen atoms in total. The van der Waals surface area contributed by atoms with E-state index in [1.807, 2.05) is 12.1 Å². The van der Waals surface area contributed by atoms with E-state index in [0.29, 0.717) is 5.75 Å². The van der Waals surface area contributed by atoms with Gasteiger partial charge in [-0.3, -0.25) is 9.59 Å². The fourth-order valence-electron chi connectivity index (χ4n) is 1.31. The van der Waals surface area contributed by atoms with E-state index < -0.39 is 17.9 Å². The molecule has 0 aliphatic carbocycles. The summed E-state index contributed by atoms with van der Waals surface area (Å²) in [5, 5.41) is 11.4. The van der Waals surface area contributed by atoms with Crippen LogP contribution in [0.5, 0.6) is 5.75 Å². The highest BCUT2D eigenvalue weighted by Gasteiger charge is 2.20. The zero-order chi connectivity index (χ0) is 14.4. The van der Waals surface area contributed by atoms with Crippen LogP contribution >= 0.6 is 15.9 Å². The van der Waals surface area contributed by atoms with Crippen LogP contribution in [0, 0.1) is 5.92 Å². The molecule has 0 saturated carbocycles. The maximum absolute atomic E-state index is 11.6. The van der Waals surface area contributed by atoms with Gasteiger partial charge < -0.3 is 15.2 Å². The number of ether oxygens (including phenoxy) is 1. The van der Waals surface area contributed by atoms with Gasteiger partial charge in [-0.2, -0.15) is 0 Å². The Kier molecular flexibility index (Phi) is 5.82. The molecule has 1 aromatic carbocycles. The highest BCUT2D eigenvalue weighted by Crippen LogP contribution is 2.15. The van der Waals surface area contributed by atoms with E-state index in [1.54, 1.807) is 26.0 Å². The molecular formula is C13H16BrNO4. The number of carboxylic acid groups (broad SMARTS) is 1. The van der Waals surface area contributed by atoms with Crippen LogP contribution in [0.2, 0.25) is 0 Å². The summed E-state index contributed by atoms with van der Waals surface area (Å²) < 4.78 is 6.21. The zero-order valence-electron chi connectivity index (χ0n) is 10.7. The van der Waals surface area contributed by atoms with Gasteiger partial charge >= 0.3 is 5.97 Å². The van der Waals surface area contributed by atoms with E-state index in [2.05, 4.69) is 21.2 Å². The lowest BCUT2D eigenvalue weighted by Crippen LogP contribution is -2.42.